The molecule has 2 atom stereocenters. The summed E-state index contributed by atoms with van der Waals surface area (Å²) in [7, 11) is 0. The van der Waals surface area contributed by atoms with Crippen LogP contribution in [0.2, 0.25) is 0 Å². The largest absolute Gasteiger partial charge is 0.481 e. The van der Waals surface area contributed by atoms with Crippen LogP contribution >= 0.6 is 0 Å². The summed E-state index contributed by atoms with van der Waals surface area (Å²) in [6, 6.07) is -0.0986. The van der Waals surface area contributed by atoms with Gasteiger partial charge < -0.3 is 15.7 Å². The Morgan fingerprint density at radius 1 is 1.47 bits per heavy atom. The van der Waals surface area contributed by atoms with Gasteiger partial charge in [-0.05, 0) is 31.7 Å². The highest BCUT2D eigenvalue weighted by Crippen LogP contribution is 2.19. The Labute approximate surface area is 102 Å². The molecule has 5 heteroatoms. The number of piperidine rings is 1. The van der Waals surface area contributed by atoms with Crippen LogP contribution in [-0.2, 0) is 9.59 Å². The maximum absolute atomic E-state index is 11.8. The molecule has 1 heterocycles. The number of hydrogen-bond acceptors (Lipinski definition) is 3. The molecule has 17 heavy (non-hydrogen) atoms. The number of carbonyl (C=O) groups is 2. The van der Waals surface area contributed by atoms with Gasteiger partial charge in [0.25, 0.3) is 0 Å². The zero-order valence-corrected chi connectivity index (χ0v) is 10.4. The quantitative estimate of drug-likeness (QED) is 0.600. The Bertz CT molecular complexity index is 268. The molecular formula is C12H22N2O3. The van der Waals surface area contributed by atoms with Gasteiger partial charge in [0.15, 0.2) is 0 Å². The second-order valence-corrected chi connectivity index (χ2v) is 4.59. The summed E-state index contributed by atoms with van der Waals surface area (Å²) in [5.74, 6) is -0.180. The van der Waals surface area contributed by atoms with Crippen LogP contribution in [-0.4, -0.2) is 36.1 Å². The fraction of sp³-hybridized carbons (Fsp3) is 0.833. The van der Waals surface area contributed by atoms with E-state index in [4.69, 9.17) is 5.11 Å². The average Bonchev–Trinajstić information content (AvgIpc) is 2.34. The van der Waals surface area contributed by atoms with E-state index in [1.54, 1.807) is 0 Å². The van der Waals surface area contributed by atoms with Gasteiger partial charge in [0, 0.05) is 13.0 Å². The first-order valence-electron chi connectivity index (χ1n) is 6.36. The lowest BCUT2D eigenvalue weighted by atomic mass is 9.90. The fourth-order valence-corrected chi connectivity index (χ4v) is 2.14. The van der Waals surface area contributed by atoms with Gasteiger partial charge in [0.05, 0.1) is 6.04 Å². The van der Waals surface area contributed by atoms with Crippen molar-refractivity contribution in [3.05, 3.63) is 0 Å². The van der Waals surface area contributed by atoms with Gasteiger partial charge in [0.2, 0.25) is 5.91 Å². The number of amides is 1. The molecule has 0 aromatic heterocycles. The number of carboxylic acids is 1. The van der Waals surface area contributed by atoms with Crippen molar-refractivity contribution < 1.29 is 14.7 Å². The van der Waals surface area contributed by atoms with Crippen molar-refractivity contribution in [1.82, 2.24) is 10.6 Å². The SMILES string of the molecule is CCC1CCNC(C(=O)NCCCC(=O)O)C1. The molecule has 1 saturated heterocycles. The monoisotopic (exact) mass is 242 g/mol. The lowest BCUT2D eigenvalue weighted by molar-refractivity contribution is -0.137. The van der Waals surface area contributed by atoms with Crippen LogP contribution in [0.3, 0.4) is 0 Å². The highest BCUT2D eigenvalue weighted by atomic mass is 16.4. The van der Waals surface area contributed by atoms with E-state index >= 15 is 0 Å². The van der Waals surface area contributed by atoms with E-state index in [9.17, 15) is 9.59 Å². The molecule has 0 aromatic carbocycles. The highest BCUT2D eigenvalue weighted by molar-refractivity contribution is 5.81. The van der Waals surface area contributed by atoms with Gasteiger partial charge >= 0.3 is 5.97 Å². The predicted molar refractivity (Wildman–Crippen MR) is 64.7 cm³/mol. The van der Waals surface area contributed by atoms with Gasteiger partial charge in [-0.1, -0.05) is 13.3 Å². The van der Waals surface area contributed by atoms with Crippen molar-refractivity contribution in [2.24, 2.45) is 5.92 Å². The van der Waals surface area contributed by atoms with Crippen LogP contribution in [0, 0.1) is 5.92 Å². The third-order valence-electron chi connectivity index (χ3n) is 3.27. The predicted octanol–water partition coefficient (Wildman–Crippen LogP) is 0.746. The van der Waals surface area contributed by atoms with E-state index in [-0.39, 0.29) is 18.4 Å². The van der Waals surface area contributed by atoms with E-state index in [0.717, 1.165) is 25.8 Å². The Kier molecular flexibility index (Phi) is 5.97. The van der Waals surface area contributed by atoms with Gasteiger partial charge in [-0.2, -0.15) is 0 Å². The molecule has 0 spiro atoms. The van der Waals surface area contributed by atoms with Crippen LogP contribution in [0.4, 0.5) is 0 Å². The number of carboxylic acid groups (broad SMARTS) is 1. The Balaban J connectivity index is 2.20. The van der Waals surface area contributed by atoms with E-state index < -0.39 is 5.97 Å². The average molecular weight is 242 g/mol. The van der Waals surface area contributed by atoms with Gasteiger partial charge in [-0.15, -0.1) is 0 Å². The standard InChI is InChI=1S/C12H22N2O3/c1-2-9-5-7-13-10(8-9)12(17)14-6-3-4-11(15)16/h9-10,13H,2-8H2,1H3,(H,14,17)(H,15,16). The van der Waals surface area contributed by atoms with Crippen LogP contribution in [0.1, 0.15) is 39.0 Å². The van der Waals surface area contributed by atoms with E-state index in [1.807, 2.05) is 0 Å². The molecule has 3 N–H and O–H groups in total. The summed E-state index contributed by atoms with van der Waals surface area (Å²) >= 11 is 0. The van der Waals surface area contributed by atoms with Crippen LogP contribution in [0.15, 0.2) is 0 Å². The molecule has 0 bridgehead atoms. The Morgan fingerprint density at radius 3 is 2.88 bits per heavy atom. The number of carbonyl (C=O) groups excluding carboxylic acids is 1. The molecular weight excluding hydrogens is 220 g/mol. The molecule has 5 nitrogen and oxygen atoms in total. The zero-order valence-electron chi connectivity index (χ0n) is 10.4. The molecule has 0 aromatic rings. The van der Waals surface area contributed by atoms with Crippen molar-refractivity contribution in [3.8, 4) is 0 Å². The lowest BCUT2D eigenvalue weighted by Gasteiger charge is -2.28. The minimum Gasteiger partial charge on any atom is -0.481 e. The summed E-state index contributed by atoms with van der Waals surface area (Å²) in [4.78, 5) is 22.1. The number of hydrogen-bond donors (Lipinski definition) is 3. The zero-order chi connectivity index (χ0) is 12.7. The second-order valence-electron chi connectivity index (χ2n) is 4.59. The van der Waals surface area contributed by atoms with Gasteiger partial charge in [0.1, 0.15) is 0 Å². The summed E-state index contributed by atoms with van der Waals surface area (Å²) < 4.78 is 0. The van der Waals surface area contributed by atoms with Gasteiger partial charge in [-0.25, -0.2) is 0 Å². The summed E-state index contributed by atoms with van der Waals surface area (Å²) in [5.41, 5.74) is 0. The van der Waals surface area contributed by atoms with Crippen molar-refractivity contribution in [3.63, 3.8) is 0 Å². The molecule has 1 rings (SSSR count). The molecule has 1 aliphatic heterocycles. The lowest BCUT2D eigenvalue weighted by Crippen LogP contribution is -2.48. The third-order valence-corrected chi connectivity index (χ3v) is 3.27. The third kappa shape index (κ3) is 5.17. The number of aliphatic carboxylic acids is 1. The highest BCUT2D eigenvalue weighted by Gasteiger charge is 2.25. The first-order chi connectivity index (χ1) is 8.13. The minimum atomic E-state index is -0.818. The summed E-state index contributed by atoms with van der Waals surface area (Å²) in [5, 5.41) is 14.5. The smallest absolute Gasteiger partial charge is 0.303 e. The van der Waals surface area contributed by atoms with Crippen molar-refractivity contribution >= 4 is 11.9 Å². The molecule has 2 unspecified atom stereocenters. The molecule has 98 valence electrons. The maximum atomic E-state index is 11.8. The van der Waals surface area contributed by atoms with Crippen LogP contribution in [0.5, 0.6) is 0 Å². The fourth-order valence-electron chi connectivity index (χ4n) is 2.14. The van der Waals surface area contributed by atoms with Crippen LogP contribution < -0.4 is 10.6 Å². The first kappa shape index (κ1) is 14.0. The van der Waals surface area contributed by atoms with Gasteiger partial charge in [-0.3, -0.25) is 9.59 Å². The minimum absolute atomic E-state index is 0.00791. The van der Waals surface area contributed by atoms with E-state index in [2.05, 4.69) is 17.6 Å². The van der Waals surface area contributed by atoms with Crippen molar-refractivity contribution in [2.45, 2.75) is 45.1 Å². The number of nitrogens with one attached hydrogen (secondary N) is 2. The Hall–Kier alpha value is -1.10. The summed E-state index contributed by atoms with van der Waals surface area (Å²) in [6.07, 6.45) is 3.74. The maximum Gasteiger partial charge on any atom is 0.303 e. The second kappa shape index (κ2) is 7.27. The number of rotatable bonds is 6. The molecule has 1 fully saturated rings. The molecule has 0 saturated carbocycles. The molecule has 1 amide bonds. The van der Waals surface area contributed by atoms with Crippen LogP contribution in [0.25, 0.3) is 0 Å². The van der Waals surface area contributed by atoms with Crippen molar-refractivity contribution in [2.75, 3.05) is 13.1 Å². The van der Waals surface area contributed by atoms with Crippen molar-refractivity contribution in [1.29, 1.82) is 0 Å². The first-order valence-corrected chi connectivity index (χ1v) is 6.36. The Morgan fingerprint density at radius 2 is 2.24 bits per heavy atom. The molecule has 0 radical (unpaired) electrons. The molecule has 1 aliphatic rings. The molecule has 0 aliphatic carbocycles. The van der Waals surface area contributed by atoms with E-state index in [1.165, 1.54) is 0 Å². The summed E-state index contributed by atoms with van der Waals surface area (Å²) in [6.45, 7) is 3.49. The topological polar surface area (TPSA) is 78.4 Å². The normalized spacial score (nSPS) is 24.3. The van der Waals surface area contributed by atoms with E-state index in [0.29, 0.717) is 18.9 Å².